The molecule has 0 bridgehead atoms. The lowest BCUT2D eigenvalue weighted by Crippen LogP contribution is -2.27. The van der Waals surface area contributed by atoms with Crippen LogP contribution in [0.3, 0.4) is 0 Å². The van der Waals surface area contributed by atoms with E-state index in [0.717, 1.165) is 0 Å². The smallest absolute Gasteiger partial charge is 0.238 e. The second kappa shape index (κ2) is 11.8. The minimum absolute atomic E-state index is 0.0215. The zero-order chi connectivity index (χ0) is 26.4. The maximum atomic E-state index is 12.9. The van der Waals surface area contributed by atoms with Gasteiger partial charge in [0.1, 0.15) is 11.5 Å². The molecule has 0 fully saturated rings. The lowest BCUT2D eigenvalue weighted by Gasteiger charge is -2.25. The van der Waals surface area contributed by atoms with Crippen molar-refractivity contribution in [1.29, 1.82) is 0 Å². The molecular weight excluding hydrogens is 464 g/mol. The third-order valence-electron chi connectivity index (χ3n) is 6.24. The molecule has 36 heavy (non-hydrogen) atoms. The Morgan fingerprint density at radius 1 is 0.833 bits per heavy atom. The van der Waals surface area contributed by atoms with E-state index < -0.39 is 23.1 Å². The first-order valence-electron chi connectivity index (χ1n) is 11.8. The number of phenolic OH excluding ortho intramolecular Hbond substituents is 1. The van der Waals surface area contributed by atoms with Crippen LogP contribution >= 0.6 is 0 Å². The molecule has 2 aliphatic carbocycles. The molecule has 0 aromatic heterocycles. The van der Waals surface area contributed by atoms with Crippen LogP contribution in [0.4, 0.5) is 5.69 Å². The number of nitrogens with zero attached hydrogens (tertiary/aromatic N) is 2. The molecule has 3 rings (SSSR count). The van der Waals surface area contributed by atoms with Crippen molar-refractivity contribution in [3.8, 4) is 5.75 Å². The Morgan fingerprint density at radius 3 is 2.00 bits per heavy atom. The lowest BCUT2D eigenvalue weighted by molar-refractivity contribution is -0.130. The van der Waals surface area contributed by atoms with Crippen LogP contribution < -0.4 is 4.90 Å². The number of phenols is 1. The van der Waals surface area contributed by atoms with Crippen molar-refractivity contribution in [1.82, 2.24) is 4.90 Å². The predicted octanol–water partition coefficient (Wildman–Crippen LogP) is 2.57. The topological polar surface area (TPSA) is 117 Å². The number of methoxy groups -OCH3 is 2. The third-order valence-corrected chi connectivity index (χ3v) is 6.24. The third kappa shape index (κ3) is 5.27. The van der Waals surface area contributed by atoms with Crippen LogP contribution in [0.2, 0.25) is 0 Å². The molecule has 0 aliphatic heterocycles. The van der Waals surface area contributed by atoms with E-state index >= 15 is 0 Å². The molecular formula is C27H32N2O7. The van der Waals surface area contributed by atoms with E-state index in [4.69, 9.17) is 9.47 Å². The number of aliphatic hydroxyl groups is 1. The number of carbonyl (C=O) groups is 3. The number of rotatable bonds is 11. The number of hydrogen-bond donors (Lipinski definition) is 2. The van der Waals surface area contributed by atoms with Gasteiger partial charge >= 0.3 is 0 Å². The number of Topliss-reactive ketones (excluding diaryl/α,β-unsaturated/α-hetero) is 2. The molecule has 0 saturated carbocycles. The van der Waals surface area contributed by atoms with Crippen LogP contribution in [0.25, 0.3) is 5.57 Å². The van der Waals surface area contributed by atoms with Gasteiger partial charge in [-0.15, -0.1) is 0 Å². The van der Waals surface area contributed by atoms with Gasteiger partial charge in [0, 0.05) is 75.1 Å². The van der Waals surface area contributed by atoms with Gasteiger partial charge in [-0.05, 0) is 38.1 Å². The van der Waals surface area contributed by atoms with Crippen LogP contribution in [0.15, 0.2) is 59.0 Å². The molecule has 0 amide bonds. The SMILES string of the molecule is CCN(CCOC)C1=CC(=O)/C(=C2\C(=O)C(=O)C(c3ccc(N(CC)CCOC)cc3O)=C2O)C=C1. The number of likely N-dealkylation sites (N-methyl/N-ethyl adjacent to an activating group) is 2. The summed E-state index contributed by atoms with van der Waals surface area (Å²) in [4.78, 5) is 42.6. The number of carbonyl (C=O) groups excluding carboxylic acids is 3. The molecule has 0 radical (unpaired) electrons. The van der Waals surface area contributed by atoms with Crippen molar-refractivity contribution in [2.75, 3.05) is 58.5 Å². The van der Waals surface area contributed by atoms with Gasteiger partial charge in [0.25, 0.3) is 0 Å². The van der Waals surface area contributed by atoms with E-state index in [9.17, 15) is 24.6 Å². The molecule has 0 unspecified atom stereocenters. The Morgan fingerprint density at radius 2 is 1.44 bits per heavy atom. The van der Waals surface area contributed by atoms with E-state index in [0.29, 0.717) is 50.8 Å². The minimum Gasteiger partial charge on any atom is -0.507 e. The average Bonchev–Trinajstić information content (AvgIpc) is 3.08. The Labute approximate surface area is 210 Å². The molecule has 9 nitrogen and oxygen atoms in total. The zero-order valence-corrected chi connectivity index (χ0v) is 21.0. The highest BCUT2D eigenvalue weighted by molar-refractivity contribution is 6.63. The zero-order valence-electron chi connectivity index (χ0n) is 21.0. The van der Waals surface area contributed by atoms with Crippen molar-refractivity contribution in [3.05, 3.63) is 64.6 Å². The second-order valence-electron chi connectivity index (χ2n) is 8.28. The fraction of sp³-hybridized carbons (Fsp3) is 0.370. The minimum atomic E-state index is -0.988. The fourth-order valence-corrected chi connectivity index (χ4v) is 4.25. The first kappa shape index (κ1) is 26.9. The van der Waals surface area contributed by atoms with Crippen LogP contribution in [0.5, 0.6) is 5.75 Å². The first-order valence-corrected chi connectivity index (χ1v) is 11.8. The number of benzene rings is 1. The van der Waals surface area contributed by atoms with Gasteiger partial charge in [-0.2, -0.15) is 0 Å². The van der Waals surface area contributed by atoms with Crippen molar-refractivity contribution in [3.63, 3.8) is 0 Å². The molecule has 0 spiro atoms. The fourth-order valence-electron chi connectivity index (χ4n) is 4.25. The highest BCUT2D eigenvalue weighted by atomic mass is 16.5. The highest BCUT2D eigenvalue weighted by Crippen LogP contribution is 2.39. The maximum absolute atomic E-state index is 12.9. The van der Waals surface area contributed by atoms with Gasteiger partial charge in [-0.1, -0.05) is 0 Å². The normalized spacial score (nSPS) is 17.8. The monoisotopic (exact) mass is 496 g/mol. The first-order chi connectivity index (χ1) is 17.3. The Balaban J connectivity index is 1.98. The standard InChI is InChI=1S/C27H32N2O7/c1-5-28(11-13-35-3)17-7-9-19(21(30)15-17)23-25(32)24(27(34)26(23)33)20-10-8-18(16-22(20)31)29(6-2)12-14-36-4/h7-10,15-16,30,32H,5-6,11-14H2,1-4H3/b24-20-. The van der Waals surface area contributed by atoms with Crippen LogP contribution in [-0.4, -0.2) is 86.1 Å². The Kier molecular flexibility index (Phi) is 8.84. The number of ether oxygens (including phenoxy) is 2. The van der Waals surface area contributed by atoms with E-state index in [-0.39, 0.29) is 28.0 Å². The van der Waals surface area contributed by atoms with Gasteiger partial charge in [0.05, 0.1) is 24.4 Å². The summed E-state index contributed by atoms with van der Waals surface area (Å²) in [5.74, 6) is -3.34. The number of allylic oxidation sites excluding steroid dienone is 6. The van der Waals surface area contributed by atoms with E-state index in [1.54, 1.807) is 26.4 Å². The molecule has 192 valence electrons. The molecule has 1 aromatic rings. The van der Waals surface area contributed by atoms with Gasteiger partial charge < -0.3 is 29.5 Å². The van der Waals surface area contributed by atoms with Gasteiger partial charge in [0.15, 0.2) is 5.78 Å². The van der Waals surface area contributed by atoms with Gasteiger partial charge in [-0.3, -0.25) is 14.4 Å². The number of aromatic hydroxyl groups is 1. The summed E-state index contributed by atoms with van der Waals surface area (Å²) in [5, 5.41) is 21.6. The molecule has 0 heterocycles. The summed E-state index contributed by atoms with van der Waals surface area (Å²) in [5.41, 5.74) is 0.617. The molecule has 9 heteroatoms. The van der Waals surface area contributed by atoms with Crippen molar-refractivity contribution in [2.45, 2.75) is 13.8 Å². The second-order valence-corrected chi connectivity index (χ2v) is 8.28. The van der Waals surface area contributed by atoms with E-state index in [1.807, 2.05) is 23.6 Å². The maximum Gasteiger partial charge on any atom is 0.238 e. The highest BCUT2D eigenvalue weighted by Gasteiger charge is 2.41. The number of anilines is 1. The average molecular weight is 497 g/mol. The molecule has 1 aromatic carbocycles. The predicted molar refractivity (Wildman–Crippen MR) is 136 cm³/mol. The number of ketones is 3. The summed E-state index contributed by atoms with van der Waals surface area (Å²) >= 11 is 0. The van der Waals surface area contributed by atoms with E-state index in [1.165, 1.54) is 24.3 Å². The molecule has 0 saturated heterocycles. The van der Waals surface area contributed by atoms with Gasteiger partial charge in [-0.25, -0.2) is 0 Å². The van der Waals surface area contributed by atoms with Crippen LogP contribution in [0.1, 0.15) is 19.4 Å². The van der Waals surface area contributed by atoms with E-state index in [2.05, 4.69) is 0 Å². The van der Waals surface area contributed by atoms with Crippen molar-refractivity contribution < 1.29 is 34.1 Å². The van der Waals surface area contributed by atoms with Crippen molar-refractivity contribution in [2.24, 2.45) is 0 Å². The largest absolute Gasteiger partial charge is 0.507 e. The summed E-state index contributed by atoms with van der Waals surface area (Å²) in [6.07, 6.45) is 4.47. The summed E-state index contributed by atoms with van der Waals surface area (Å²) in [7, 11) is 3.19. The summed E-state index contributed by atoms with van der Waals surface area (Å²) in [6, 6.07) is 4.64. The lowest BCUT2D eigenvalue weighted by atomic mass is 9.96. The van der Waals surface area contributed by atoms with Crippen LogP contribution in [-0.2, 0) is 23.9 Å². The Bertz CT molecular complexity index is 1180. The Hall–Kier alpha value is -3.69. The van der Waals surface area contributed by atoms with Gasteiger partial charge in [0.2, 0.25) is 11.6 Å². The van der Waals surface area contributed by atoms with Crippen LogP contribution in [0, 0.1) is 0 Å². The summed E-state index contributed by atoms with van der Waals surface area (Å²) in [6.45, 7) is 7.34. The van der Waals surface area contributed by atoms with Crippen molar-refractivity contribution >= 4 is 28.6 Å². The number of hydrogen-bond acceptors (Lipinski definition) is 9. The molecule has 2 N–H and O–H groups in total. The molecule has 0 atom stereocenters. The quantitative estimate of drug-likeness (QED) is 0.352. The molecule has 2 aliphatic rings. The summed E-state index contributed by atoms with van der Waals surface area (Å²) < 4.78 is 10.2. The number of aliphatic hydroxyl groups excluding tert-OH is 1.